The molecule has 1 aromatic carbocycles. The van der Waals surface area contributed by atoms with E-state index in [2.05, 4.69) is 57.3 Å². The Morgan fingerprint density at radius 1 is 1.11 bits per heavy atom. The van der Waals surface area contributed by atoms with Gasteiger partial charge in [-0.1, -0.05) is 45.9 Å². The van der Waals surface area contributed by atoms with Crippen LogP contribution in [-0.4, -0.2) is 13.2 Å². The van der Waals surface area contributed by atoms with E-state index in [0.29, 0.717) is 12.0 Å². The Balaban J connectivity index is 2.86. The Bertz CT molecular complexity index is 349. The molecular formula is C17H29NO. The van der Waals surface area contributed by atoms with Crippen LogP contribution < -0.4 is 10.1 Å². The lowest BCUT2D eigenvalue weighted by Gasteiger charge is -2.23. The standard InChI is InChI=1S/C17H29NO/c1-5-11-18-16(13-14(3)4)15-9-7-8-10-17(15)19-12-6-2/h7-10,14,16,18H,5-6,11-13H2,1-4H3. The Labute approximate surface area is 118 Å². The molecule has 0 saturated carbocycles. The molecule has 1 unspecified atom stereocenters. The van der Waals surface area contributed by atoms with Crippen LogP contribution in [0.4, 0.5) is 0 Å². The van der Waals surface area contributed by atoms with Gasteiger partial charge >= 0.3 is 0 Å². The van der Waals surface area contributed by atoms with Crippen molar-refractivity contribution in [3.05, 3.63) is 29.8 Å². The van der Waals surface area contributed by atoms with Crippen molar-refractivity contribution < 1.29 is 4.74 Å². The Hall–Kier alpha value is -1.02. The van der Waals surface area contributed by atoms with E-state index >= 15 is 0 Å². The predicted molar refractivity (Wildman–Crippen MR) is 82.7 cm³/mol. The summed E-state index contributed by atoms with van der Waals surface area (Å²) in [5.74, 6) is 1.71. The van der Waals surface area contributed by atoms with Crippen LogP contribution in [0.15, 0.2) is 24.3 Å². The summed E-state index contributed by atoms with van der Waals surface area (Å²) in [7, 11) is 0. The third-order valence-electron chi connectivity index (χ3n) is 3.10. The van der Waals surface area contributed by atoms with E-state index in [0.717, 1.165) is 38.2 Å². The first-order chi connectivity index (χ1) is 9.19. The molecule has 1 rings (SSSR count). The van der Waals surface area contributed by atoms with Gasteiger partial charge in [-0.25, -0.2) is 0 Å². The zero-order chi connectivity index (χ0) is 14.1. The van der Waals surface area contributed by atoms with Crippen molar-refractivity contribution in [2.75, 3.05) is 13.2 Å². The molecule has 0 bridgehead atoms. The minimum atomic E-state index is 0.396. The highest BCUT2D eigenvalue weighted by atomic mass is 16.5. The average molecular weight is 263 g/mol. The van der Waals surface area contributed by atoms with E-state index in [4.69, 9.17) is 4.74 Å². The van der Waals surface area contributed by atoms with Crippen LogP contribution in [0.3, 0.4) is 0 Å². The number of hydrogen-bond donors (Lipinski definition) is 1. The van der Waals surface area contributed by atoms with Crippen molar-refractivity contribution in [1.29, 1.82) is 0 Å². The molecule has 1 atom stereocenters. The summed E-state index contributed by atoms with van der Waals surface area (Å²) < 4.78 is 5.89. The molecule has 0 saturated heterocycles. The highest BCUT2D eigenvalue weighted by Gasteiger charge is 2.16. The topological polar surface area (TPSA) is 21.3 Å². The first-order valence-corrected chi connectivity index (χ1v) is 7.64. The van der Waals surface area contributed by atoms with Crippen LogP contribution in [0.25, 0.3) is 0 Å². The zero-order valence-corrected chi connectivity index (χ0v) is 12.9. The maximum Gasteiger partial charge on any atom is 0.124 e. The summed E-state index contributed by atoms with van der Waals surface area (Å²) in [6, 6.07) is 8.84. The van der Waals surface area contributed by atoms with Crippen LogP contribution in [0.2, 0.25) is 0 Å². The number of ether oxygens (including phenoxy) is 1. The number of hydrogen-bond acceptors (Lipinski definition) is 2. The summed E-state index contributed by atoms with van der Waals surface area (Å²) in [4.78, 5) is 0. The average Bonchev–Trinajstić information content (AvgIpc) is 2.41. The maximum atomic E-state index is 5.89. The van der Waals surface area contributed by atoms with Crippen LogP contribution in [0.1, 0.15) is 58.6 Å². The third kappa shape index (κ3) is 5.65. The first-order valence-electron chi connectivity index (χ1n) is 7.64. The van der Waals surface area contributed by atoms with Crippen molar-refractivity contribution in [3.63, 3.8) is 0 Å². The van der Waals surface area contributed by atoms with Gasteiger partial charge in [-0.2, -0.15) is 0 Å². The van der Waals surface area contributed by atoms with Crippen molar-refractivity contribution in [1.82, 2.24) is 5.32 Å². The Morgan fingerprint density at radius 3 is 2.47 bits per heavy atom. The van der Waals surface area contributed by atoms with Gasteiger partial charge in [-0.15, -0.1) is 0 Å². The van der Waals surface area contributed by atoms with Crippen LogP contribution in [0.5, 0.6) is 5.75 Å². The summed E-state index contributed by atoms with van der Waals surface area (Å²) in [5.41, 5.74) is 1.30. The van der Waals surface area contributed by atoms with E-state index in [1.54, 1.807) is 0 Å². The maximum absolute atomic E-state index is 5.89. The second-order valence-corrected chi connectivity index (χ2v) is 5.52. The first kappa shape index (κ1) is 16.0. The molecule has 108 valence electrons. The van der Waals surface area contributed by atoms with E-state index < -0.39 is 0 Å². The highest BCUT2D eigenvalue weighted by Crippen LogP contribution is 2.29. The van der Waals surface area contributed by atoms with Crippen LogP contribution in [-0.2, 0) is 0 Å². The van der Waals surface area contributed by atoms with E-state index in [9.17, 15) is 0 Å². The summed E-state index contributed by atoms with van der Waals surface area (Å²) in [5, 5.41) is 3.65. The minimum Gasteiger partial charge on any atom is -0.493 e. The number of rotatable bonds is 9. The molecule has 0 radical (unpaired) electrons. The molecule has 2 heteroatoms. The molecule has 2 nitrogen and oxygen atoms in total. The van der Waals surface area contributed by atoms with Crippen LogP contribution >= 0.6 is 0 Å². The van der Waals surface area contributed by atoms with Gasteiger partial charge in [0.2, 0.25) is 0 Å². The monoisotopic (exact) mass is 263 g/mol. The molecule has 0 aromatic heterocycles. The Morgan fingerprint density at radius 2 is 1.84 bits per heavy atom. The minimum absolute atomic E-state index is 0.396. The van der Waals surface area contributed by atoms with Crippen molar-refractivity contribution in [2.45, 2.75) is 53.0 Å². The smallest absolute Gasteiger partial charge is 0.124 e. The molecule has 0 fully saturated rings. The lowest BCUT2D eigenvalue weighted by atomic mass is 9.96. The fourth-order valence-electron chi connectivity index (χ4n) is 2.22. The van der Waals surface area contributed by atoms with Gasteiger partial charge in [-0.05, 0) is 37.8 Å². The van der Waals surface area contributed by atoms with Gasteiger partial charge in [0, 0.05) is 11.6 Å². The molecule has 1 N–H and O–H groups in total. The zero-order valence-electron chi connectivity index (χ0n) is 12.9. The SMILES string of the molecule is CCCNC(CC(C)C)c1ccccc1OCCC. The summed E-state index contributed by atoms with van der Waals surface area (Å²) >= 11 is 0. The summed E-state index contributed by atoms with van der Waals surface area (Å²) in [6.07, 6.45) is 3.35. The fraction of sp³-hybridized carbons (Fsp3) is 0.647. The molecule has 0 heterocycles. The largest absolute Gasteiger partial charge is 0.493 e. The highest BCUT2D eigenvalue weighted by molar-refractivity contribution is 5.36. The van der Waals surface area contributed by atoms with E-state index in [1.165, 1.54) is 5.56 Å². The molecule has 1 aromatic rings. The van der Waals surface area contributed by atoms with Gasteiger partial charge in [-0.3, -0.25) is 0 Å². The molecule has 0 aliphatic carbocycles. The quantitative estimate of drug-likeness (QED) is 0.705. The molecule has 19 heavy (non-hydrogen) atoms. The van der Waals surface area contributed by atoms with E-state index in [-0.39, 0.29) is 0 Å². The molecule has 0 aliphatic rings. The van der Waals surface area contributed by atoms with E-state index in [1.807, 2.05) is 0 Å². The second kappa shape index (κ2) is 8.98. The number of nitrogens with one attached hydrogen (secondary N) is 1. The van der Waals surface area contributed by atoms with Crippen molar-refractivity contribution in [2.24, 2.45) is 5.92 Å². The molecule has 0 aliphatic heterocycles. The molecular weight excluding hydrogens is 234 g/mol. The normalized spacial score (nSPS) is 12.7. The Kier molecular flexibility index (Phi) is 7.57. The van der Waals surface area contributed by atoms with Gasteiger partial charge in [0.05, 0.1) is 6.61 Å². The number of para-hydroxylation sites is 1. The van der Waals surface area contributed by atoms with Gasteiger partial charge in [0.25, 0.3) is 0 Å². The fourth-order valence-corrected chi connectivity index (χ4v) is 2.22. The van der Waals surface area contributed by atoms with Crippen molar-refractivity contribution in [3.8, 4) is 5.75 Å². The summed E-state index contributed by atoms with van der Waals surface area (Å²) in [6.45, 7) is 10.7. The van der Waals surface area contributed by atoms with Crippen LogP contribution in [0, 0.1) is 5.92 Å². The second-order valence-electron chi connectivity index (χ2n) is 5.52. The van der Waals surface area contributed by atoms with Gasteiger partial charge in [0.15, 0.2) is 0 Å². The van der Waals surface area contributed by atoms with Gasteiger partial charge in [0.1, 0.15) is 5.75 Å². The lowest BCUT2D eigenvalue weighted by Crippen LogP contribution is -2.24. The molecule has 0 spiro atoms. The third-order valence-corrected chi connectivity index (χ3v) is 3.10. The van der Waals surface area contributed by atoms with Gasteiger partial charge < -0.3 is 10.1 Å². The predicted octanol–water partition coefficient (Wildman–Crippen LogP) is 4.56. The number of benzene rings is 1. The van der Waals surface area contributed by atoms with Crippen molar-refractivity contribution >= 4 is 0 Å². The molecule has 0 amide bonds. The lowest BCUT2D eigenvalue weighted by molar-refractivity contribution is 0.306.